The van der Waals surface area contributed by atoms with Crippen molar-refractivity contribution in [3.8, 4) is 0 Å². The van der Waals surface area contributed by atoms with Gasteiger partial charge in [0.15, 0.2) is 0 Å². The van der Waals surface area contributed by atoms with E-state index in [1.807, 2.05) is 32.9 Å². The van der Waals surface area contributed by atoms with Crippen LogP contribution < -0.4 is 4.72 Å². The van der Waals surface area contributed by atoms with Crippen LogP contribution in [0.2, 0.25) is 0 Å². The maximum absolute atomic E-state index is 12.2. The van der Waals surface area contributed by atoms with Crippen LogP contribution >= 0.6 is 15.9 Å². The van der Waals surface area contributed by atoms with Gasteiger partial charge in [-0.15, -0.1) is 0 Å². The Balaban J connectivity index is 2.21. The van der Waals surface area contributed by atoms with Crippen LogP contribution in [-0.2, 0) is 21.3 Å². The van der Waals surface area contributed by atoms with Gasteiger partial charge in [-0.2, -0.15) is 0 Å². The third kappa shape index (κ3) is 2.82. The molecule has 0 spiro atoms. The van der Waals surface area contributed by atoms with Crippen LogP contribution in [0.25, 0.3) is 0 Å². The van der Waals surface area contributed by atoms with Crippen molar-refractivity contribution in [3.05, 3.63) is 28.5 Å². The van der Waals surface area contributed by atoms with E-state index >= 15 is 0 Å². The molecule has 1 aliphatic rings. The second-order valence-electron chi connectivity index (χ2n) is 5.42. The lowest BCUT2D eigenvalue weighted by Crippen LogP contribution is -2.60. The molecule has 0 bridgehead atoms. The van der Waals surface area contributed by atoms with E-state index < -0.39 is 16.5 Å². The van der Waals surface area contributed by atoms with E-state index in [-0.39, 0.29) is 4.75 Å². The van der Waals surface area contributed by atoms with Crippen molar-refractivity contribution >= 4 is 26.9 Å². The SMILES string of the molecule is CC(C)(C)[S@](=O)NC1(c2ccc(Br)cn2)COC1. The van der Waals surface area contributed by atoms with Crippen LogP contribution in [0, 0.1) is 0 Å². The number of ether oxygens (including phenoxy) is 1. The highest BCUT2D eigenvalue weighted by molar-refractivity contribution is 9.10. The topological polar surface area (TPSA) is 51.2 Å². The molecule has 0 saturated carbocycles. The molecule has 0 radical (unpaired) electrons. The summed E-state index contributed by atoms with van der Waals surface area (Å²) in [5, 5.41) is 0. The molecule has 0 unspecified atom stereocenters. The second-order valence-corrected chi connectivity index (χ2v) is 8.30. The summed E-state index contributed by atoms with van der Waals surface area (Å²) in [5.74, 6) is 0. The van der Waals surface area contributed by atoms with Gasteiger partial charge in [-0.3, -0.25) is 4.98 Å². The Kier molecular flexibility index (Phi) is 3.92. The zero-order chi connectivity index (χ0) is 13.4. The molecule has 1 saturated heterocycles. The summed E-state index contributed by atoms with van der Waals surface area (Å²) in [5.41, 5.74) is 0.452. The summed E-state index contributed by atoms with van der Waals surface area (Å²) in [4.78, 5) is 4.38. The maximum atomic E-state index is 12.2. The average Bonchev–Trinajstić information content (AvgIpc) is 2.23. The molecule has 18 heavy (non-hydrogen) atoms. The summed E-state index contributed by atoms with van der Waals surface area (Å²) in [6, 6.07) is 3.86. The quantitative estimate of drug-likeness (QED) is 0.922. The van der Waals surface area contributed by atoms with E-state index in [4.69, 9.17) is 4.74 Å². The van der Waals surface area contributed by atoms with Crippen molar-refractivity contribution in [1.29, 1.82) is 0 Å². The molecule has 1 fully saturated rings. The van der Waals surface area contributed by atoms with Crippen molar-refractivity contribution in [2.24, 2.45) is 0 Å². The molecule has 2 heterocycles. The zero-order valence-electron chi connectivity index (χ0n) is 10.7. The van der Waals surface area contributed by atoms with Gasteiger partial charge in [0.05, 0.1) is 34.6 Å². The first-order valence-electron chi connectivity index (χ1n) is 5.73. The Bertz CT molecular complexity index is 452. The number of nitrogens with zero attached hydrogens (tertiary/aromatic N) is 1. The largest absolute Gasteiger partial charge is 0.377 e. The van der Waals surface area contributed by atoms with Gasteiger partial charge < -0.3 is 4.74 Å². The summed E-state index contributed by atoms with van der Waals surface area (Å²) in [6.07, 6.45) is 1.75. The van der Waals surface area contributed by atoms with Gasteiger partial charge in [0.1, 0.15) is 5.54 Å². The van der Waals surface area contributed by atoms with Gasteiger partial charge in [0, 0.05) is 10.7 Å². The van der Waals surface area contributed by atoms with E-state index in [1.165, 1.54) is 0 Å². The summed E-state index contributed by atoms with van der Waals surface area (Å²) < 4.78 is 21.3. The van der Waals surface area contributed by atoms with Crippen molar-refractivity contribution < 1.29 is 8.95 Å². The molecule has 1 N–H and O–H groups in total. The molecule has 6 heteroatoms. The minimum atomic E-state index is -1.14. The van der Waals surface area contributed by atoms with Crippen LogP contribution in [0.1, 0.15) is 26.5 Å². The molecule has 0 aliphatic carbocycles. The number of hydrogen-bond acceptors (Lipinski definition) is 3. The molecule has 0 amide bonds. The van der Waals surface area contributed by atoms with Gasteiger partial charge in [-0.1, -0.05) is 0 Å². The molecule has 100 valence electrons. The monoisotopic (exact) mass is 332 g/mol. The standard InChI is InChI=1S/C12H17BrN2O2S/c1-11(2,3)18(16)15-12(7-17-8-12)10-5-4-9(13)6-14-10/h4-6,15H,7-8H2,1-3H3/t18-/m0/s1. The second kappa shape index (κ2) is 5.00. The molecular formula is C12H17BrN2O2S. The maximum Gasteiger partial charge on any atom is 0.119 e. The van der Waals surface area contributed by atoms with Crippen LogP contribution in [0.5, 0.6) is 0 Å². The third-order valence-corrected chi connectivity index (χ3v) is 4.92. The van der Waals surface area contributed by atoms with Gasteiger partial charge in [-0.05, 0) is 48.8 Å². The Morgan fingerprint density at radius 1 is 1.44 bits per heavy atom. The molecule has 1 aromatic rings. The van der Waals surface area contributed by atoms with E-state index in [0.717, 1.165) is 10.2 Å². The first kappa shape index (κ1) is 14.1. The Labute approximate surface area is 118 Å². The molecule has 1 aromatic heterocycles. The lowest BCUT2D eigenvalue weighted by atomic mass is 9.94. The van der Waals surface area contributed by atoms with E-state index in [0.29, 0.717) is 13.2 Å². The number of aromatic nitrogens is 1. The molecule has 1 aliphatic heterocycles. The number of halogens is 1. The van der Waals surface area contributed by atoms with Crippen LogP contribution in [-0.4, -0.2) is 27.2 Å². The number of pyridine rings is 1. The molecular weight excluding hydrogens is 316 g/mol. The highest BCUT2D eigenvalue weighted by Gasteiger charge is 2.44. The minimum absolute atomic E-state index is 0.308. The van der Waals surface area contributed by atoms with Crippen molar-refractivity contribution in [2.75, 3.05) is 13.2 Å². The predicted octanol–water partition coefficient (Wildman–Crippen LogP) is 2.12. The zero-order valence-corrected chi connectivity index (χ0v) is 13.1. The number of hydrogen-bond donors (Lipinski definition) is 1. The highest BCUT2D eigenvalue weighted by Crippen LogP contribution is 2.30. The van der Waals surface area contributed by atoms with Gasteiger partial charge >= 0.3 is 0 Å². The summed E-state index contributed by atoms with van der Waals surface area (Å²) >= 11 is 3.36. The molecule has 0 aromatic carbocycles. The molecule has 4 nitrogen and oxygen atoms in total. The van der Waals surface area contributed by atoms with Crippen molar-refractivity contribution in [1.82, 2.24) is 9.71 Å². The van der Waals surface area contributed by atoms with Crippen LogP contribution in [0.4, 0.5) is 0 Å². The smallest absolute Gasteiger partial charge is 0.119 e. The molecule has 1 atom stereocenters. The van der Waals surface area contributed by atoms with Gasteiger partial charge in [-0.25, -0.2) is 8.93 Å². The first-order valence-corrected chi connectivity index (χ1v) is 7.67. The lowest BCUT2D eigenvalue weighted by Gasteiger charge is -2.42. The van der Waals surface area contributed by atoms with Gasteiger partial charge in [0.2, 0.25) is 0 Å². The average molecular weight is 333 g/mol. The Morgan fingerprint density at radius 2 is 2.11 bits per heavy atom. The van der Waals surface area contributed by atoms with E-state index in [9.17, 15) is 4.21 Å². The summed E-state index contributed by atoms with van der Waals surface area (Å²) in [6.45, 7) is 6.84. The Morgan fingerprint density at radius 3 is 2.50 bits per heavy atom. The minimum Gasteiger partial charge on any atom is -0.377 e. The predicted molar refractivity (Wildman–Crippen MR) is 75.5 cm³/mol. The Hall–Kier alpha value is -0.300. The van der Waals surface area contributed by atoms with Crippen LogP contribution in [0.15, 0.2) is 22.8 Å². The lowest BCUT2D eigenvalue weighted by molar-refractivity contribution is -0.0681. The van der Waals surface area contributed by atoms with E-state index in [1.54, 1.807) is 6.20 Å². The fraction of sp³-hybridized carbons (Fsp3) is 0.583. The number of nitrogens with one attached hydrogen (secondary N) is 1. The van der Waals surface area contributed by atoms with Crippen LogP contribution in [0.3, 0.4) is 0 Å². The van der Waals surface area contributed by atoms with Crippen molar-refractivity contribution in [2.45, 2.75) is 31.1 Å². The normalized spacial score (nSPS) is 20.2. The first-order chi connectivity index (χ1) is 8.33. The third-order valence-electron chi connectivity index (χ3n) is 2.76. The van der Waals surface area contributed by atoms with E-state index in [2.05, 4.69) is 25.6 Å². The molecule has 2 rings (SSSR count). The fourth-order valence-electron chi connectivity index (χ4n) is 1.55. The summed E-state index contributed by atoms with van der Waals surface area (Å²) in [7, 11) is -1.14. The number of rotatable bonds is 3. The van der Waals surface area contributed by atoms with Crippen molar-refractivity contribution in [3.63, 3.8) is 0 Å². The van der Waals surface area contributed by atoms with Gasteiger partial charge in [0.25, 0.3) is 0 Å². The fourth-order valence-corrected chi connectivity index (χ4v) is 2.67. The highest BCUT2D eigenvalue weighted by atomic mass is 79.9.